The van der Waals surface area contributed by atoms with Crippen LogP contribution in [-0.4, -0.2) is 23.2 Å². The summed E-state index contributed by atoms with van der Waals surface area (Å²) in [7, 11) is 0. The number of halogens is 2. The Balaban J connectivity index is 0. The predicted octanol–water partition coefficient (Wildman–Crippen LogP) is 1.24. The molecule has 0 saturated heterocycles. The molecule has 1 rings (SSSR count). The number of amides is 1. The largest absolute Gasteiger partial charge is 0.382 e. The van der Waals surface area contributed by atoms with Crippen LogP contribution in [0.2, 0.25) is 0 Å². The van der Waals surface area contributed by atoms with Crippen LogP contribution in [0.3, 0.4) is 0 Å². The lowest BCUT2D eigenvalue weighted by Gasteiger charge is -2.16. The summed E-state index contributed by atoms with van der Waals surface area (Å²) >= 11 is 0. The fourth-order valence-electron chi connectivity index (χ4n) is 1.31. The second-order valence-electron chi connectivity index (χ2n) is 3.72. The van der Waals surface area contributed by atoms with Crippen molar-refractivity contribution in [3.05, 3.63) is 35.9 Å². The van der Waals surface area contributed by atoms with Gasteiger partial charge in [-0.1, -0.05) is 37.3 Å². The molecule has 4 N–H and O–H groups in total. The number of nitrogens with one attached hydrogen (secondary N) is 1. The zero-order valence-corrected chi connectivity index (χ0v) is 11.8. The first-order valence-electron chi connectivity index (χ1n) is 5.40. The highest BCUT2D eigenvalue weighted by molar-refractivity contribution is 5.85. The Hall–Kier alpha value is -0.810. The fraction of sp³-hybridized carbons (Fsp3) is 0.417. The van der Waals surface area contributed by atoms with Crippen LogP contribution in [0.25, 0.3) is 0 Å². The van der Waals surface area contributed by atoms with E-state index in [1.165, 1.54) is 0 Å². The van der Waals surface area contributed by atoms with Crippen molar-refractivity contribution in [3.8, 4) is 0 Å². The number of benzene rings is 1. The van der Waals surface area contributed by atoms with Gasteiger partial charge in [-0.2, -0.15) is 0 Å². The zero-order chi connectivity index (χ0) is 12.0. The summed E-state index contributed by atoms with van der Waals surface area (Å²) in [5.41, 5.74) is 6.57. The lowest BCUT2D eigenvalue weighted by molar-refractivity contribution is -0.130. The molecule has 2 atom stereocenters. The molecule has 4 nitrogen and oxygen atoms in total. The van der Waals surface area contributed by atoms with Gasteiger partial charge in [-0.15, -0.1) is 24.8 Å². The second kappa shape index (κ2) is 10.1. The number of carbonyl (C=O) groups is 1. The van der Waals surface area contributed by atoms with Gasteiger partial charge >= 0.3 is 0 Å². The maximum absolute atomic E-state index is 11.5. The average Bonchev–Trinajstić information content (AvgIpc) is 2.35. The van der Waals surface area contributed by atoms with Gasteiger partial charge in [-0.25, -0.2) is 0 Å². The molecule has 6 heteroatoms. The summed E-state index contributed by atoms with van der Waals surface area (Å²) in [4.78, 5) is 11.5. The average molecular weight is 295 g/mol. The lowest BCUT2D eigenvalue weighted by Crippen LogP contribution is -2.45. The molecule has 104 valence electrons. The van der Waals surface area contributed by atoms with E-state index in [9.17, 15) is 9.90 Å². The number of nitrogens with two attached hydrogens (primary N) is 1. The topological polar surface area (TPSA) is 75.3 Å². The first-order chi connectivity index (χ1) is 7.65. The summed E-state index contributed by atoms with van der Waals surface area (Å²) in [6.45, 7) is 2.24. The van der Waals surface area contributed by atoms with E-state index in [0.29, 0.717) is 13.0 Å². The smallest absolute Gasteiger partial charge is 0.250 e. The number of rotatable bonds is 5. The monoisotopic (exact) mass is 294 g/mol. The van der Waals surface area contributed by atoms with Crippen LogP contribution in [0.4, 0.5) is 0 Å². The summed E-state index contributed by atoms with van der Waals surface area (Å²) < 4.78 is 0. The van der Waals surface area contributed by atoms with Crippen molar-refractivity contribution in [2.45, 2.75) is 32.0 Å². The van der Waals surface area contributed by atoms with Crippen LogP contribution in [0.5, 0.6) is 0 Å². The number of hydrogen-bond donors (Lipinski definition) is 3. The van der Waals surface area contributed by atoms with Gasteiger partial charge in [-0.05, 0) is 12.0 Å². The van der Waals surface area contributed by atoms with Gasteiger partial charge < -0.3 is 16.2 Å². The molecular weight excluding hydrogens is 275 g/mol. The minimum absolute atomic E-state index is 0. The molecule has 0 bridgehead atoms. The SMILES string of the molecule is CC[C@H](N)[C@H](O)C(=O)NCc1ccccc1.Cl.Cl. The van der Waals surface area contributed by atoms with E-state index < -0.39 is 18.1 Å². The Morgan fingerprint density at radius 1 is 1.33 bits per heavy atom. The van der Waals surface area contributed by atoms with Crippen LogP contribution in [0.15, 0.2) is 30.3 Å². The highest BCUT2D eigenvalue weighted by Gasteiger charge is 2.20. The third kappa shape index (κ3) is 6.21. The van der Waals surface area contributed by atoms with Crippen molar-refractivity contribution < 1.29 is 9.90 Å². The molecule has 1 aromatic carbocycles. The van der Waals surface area contributed by atoms with Gasteiger partial charge in [0.25, 0.3) is 5.91 Å². The number of aliphatic hydroxyl groups excluding tert-OH is 1. The summed E-state index contributed by atoms with van der Waals surface area (Å²) in [5.74, 6) is -0.418. The third-order valence-corrected chi connectivity index (χ3v) is 2.46. The molecule has 0 aliphatic rings. The minimum atomic E-state index is -1.13. The van der Waals surface area contributed by atoms with E-state index >= 15 is 0 Å². The Morgan fingerprint density at radius 3 is 2.39 bits per heavy atom. The second-order valence-corrected chi connectivity index (χ2v) is 3.72. The molecule has 0 saturated carbocycles. The van der Waals surface area contributed by atoms with Crippen LogP contribution >= 0.6 is 24.8 Å². The van der Waals surface area contributed by atoms with Crippen molar-refractivity contribution in [2.24, 2.45) is 5.73 Å². The van der Waals surface area contributed by atoms with Crippen LogP contribution in [0.1, 0.15) is 18.9 Å². The zero-order valence-electron chi connectivity index (χ0n) is 10.2. The lowest BCUT2D eigenvalue weighted by atomic mass is 10.1. The van der Waals surface area contributed by atoms with E-state index in [0.717, 1.165) is 5.56 Å². The molecule has 1 aromatic rings. The summed E-state index contributed by atoms with van der Waals surface area (Å²) in [6.07, 6.45) is -0.561. The molecule has 0 aliphatic carbocycles. The Morgan fingerprint density at radius 2 is 1.89 bits per heavy atom. The van der Waals surface area contributed by atoms with Gasteiger partial charge in [0.15, 0.2) is 0 Å². The van der Waals surface area contributed by atoms with E-state index in [2.05, 4.69) is 5.32 Å². The molecule has 0 heterocycles. The molecule has 18 heavy (non-hydrogen) atoms. The Kier molecular flexibility index (Phi) is 11.0. The number of hydrogen-bond acceptors (Lipinski definition) is 3. The maximum Gasteiger partial charge on any atom is 0.250 e. The van der Waals surface area contributed by atoms with Gasteiger partial charge in [0.2, 0.25) is 0 Å². The Bertz CT molecular complexity index is 336. The van der Waals surface area contributed by atoms with E-state index in [-0.39, 0.29) is 24.8 Å². The number of carbonyl (C=O) groups excluding carboxylic acids is 1. The molecule has 0 aromatic heterocycles. The van der Waals surface area contributed by atoms with Gasteiger partial charge in [-0.3, -0.25) is 4.79 Å². The standard InChI is InChI=1S/C12H18N2O2.2ClH/c1-2-10(13)11(15)12(16)14-8-9-6-4-3-5-7-9;;/h3-7,10-11,15H,2,8,13H2,1H3,(H,14,16);2*1H/t10-,11-;;/m0../s1. The van der Waals surface area contributed by atoms with E-state index in [1.54, 1.807) is 0 Å². The first-order valence-corrected chi connectivity index (χ1v) is 5.40. The number of aliphatic hydroxyl groups is 1. The first kappa shape index (κ1) is 19.5. The molecule has 0 fully saturated rings. The maximum atomic E-state index is 11.5. The molecule has 1 amide bonds. The molecular formula is C12H20Cl2N2O2. The fourth-order valence-corrected chi connectivity index (χ4v) is 1.31. The molecule has 0 aliphatic heterocycles. The van der Waals surface area contributed by atoms with Crippen molar-refractivity contribution >= 4 is 30.7 Å². The summed E-state index contributed by atoms with van der Waals surface area (Å²) in [6, 6.07) is 9.02. The van der Waals surface area contributed by atoms with Gasteiger partial charge in [0.05, 0.1) is 0 Å². The Labute approximate surface area is 120 Å². The third-order valence-electron chi connectivity index (χ3n) is 2.46. The molecule has 0 spiro atoms. The van der Waals surface area contributed by atoms with Crippen LogP contribution < -0.4 is 11.1 Å². The van der Waals surface area contributed by atoms with Crippen molar-refractivity contribution in [2.75, 3.05) is 0 Å². The molecule has 0 radical (unpaired) electrons. The van der Waals surface area contributed by atoms with Gasteiger partial charge in [0.1, 0.15) is 6.10 Å². The van der Waals surface area contributed by atoms with Crippen molar-refractivity contribution in [1.29, 1.82) is 0 Å². The summed E-state index contributed by atoms with van der Waals surface area (Å²) in [5, 5.41) is 12.2. The highest BCUT2D eigenvalue weighted by Crippen LogP contribution is 1.99. The minimum Gasteiger partial charge on any atom is -0.382 e. The normalized spacial score (nSPS) is 12.6. The van der Waals surface area contributed by atoms with Crippen molar-refractivity contribution in [1.82, 2.24) is 5.32 Å². The van der Waals surface area contributed by atoms with Gasteiger partial charge in [0, 0.05) is 12.6 Å². The van der Waals surface area contributed by atoms with Crippen LogP contribution in [-0.2, 0) is 11.3 Å². The highest BCUT2D eigenvalue weighted by atomic mass is 35.5. The quantitative estimate of drug-likeness (QED) is 0.765. The van der Waals surface area contributed by atoms with Crippen LogP contribution in [0, 0.1) is 0 Å². The van der Waals surface area contributed by atoms with Crippen molar-refractivity contribution in [3.63, 3.8) is 0 Å². The predicted molar refractivity (Wildman–Crippen MR) is 77.1 cm³/mol. The van der Waals surface area contributed by atoms with E-state index in [4.69, 9.17) is 5.73 Å². The molecule has 0 unspecified atom stereocenters. The van der Waals surface area contributed by atoms with E-state index in [1.807, 2.05) is 37.3 Å².